The van der Waals surface area contributed by atoms with Crippen molar-refractivity contribution in [2.45, 2.75) is 360 Å². The summed E-state index contributed by atoms with van der Waals surface area (Å²) in [7, 11) is 5.99. The number of quaternary nitrogens is 1. The van der Waals surface area contributed by atoms with E-state index in [0.29, 0.717) is 23.9 Å². The first-order valence-corrected chi connectivity index (χ1v) is 40.3. The van der Waals surface area contributed by atoms with Gasteiger partial charge < -0.3 is 28.5 Å². The van der Waals surface area contributed by atoms with Crippen molar-refractivity contribution < 1.29 is 42.9 Å². The van der Waals surface area contributed by atoms with E-state index in [2.05, 4.69) is 148 Å². The highest BCUT2D eigenvalue weighted by Crippen LogP contribution is 2.18. The molecule has 0 aliphatic heterocycles. The van der Waals surface area contributed by atoms with Crippen molar-refractivity contribution in [2.24, 2.45) is 0 Å². The van der Waals surface area contributed by atoms with Gasteiger partial charge in [0.1, 0.15) is 13.2 Å². The maximum absolute atomic E-state index is 13.0. The van der Waals surface area contributed by atoms with Gasteiger partial charge in [-0.2, -0.15) is 0 Å². The molecule has 0 saturated carbocycles. The highest BCUT2D eigenvalue weighted by molar-refractivity contribution is 5.71. The maximum Gasteiger partial charge on any atom is 0.361 e. The van der Waals surface area contributed by atoms with Gasteiger partial charge in [-0.25, -0.2) is 4.79 Å². The third-order valence-corrected chi connectivity index (χ3v) is 17.4. The Kier molecular flexibility index (Phi) is 73.5. The number of likely N-dealkylation sites (N-methyl/N-ethyl adjacent to an activating group) is 1. The Morgan fingerprint density at radius 3 is 0.876 bits per heavy atom. The largest absolute Gasteiger partial charge is 0.477 e. The minimum absolute atomic E-state index is 0.184. The van der Waals surface area contributed by atoms with Gasteiger partial charge in [-0.3, -0.25) is 9.59 Å². The number of carboxylic acid groups (broad SMARTS) is 1. The maximum atomic E-state index is 13.0. The number of hydrogen-bond acceptors (Lipinski definition) is 7. The molecule has 0 saturated heterocycles. The van der Waals surface area contributed by atoms with Gasteiger partial charge in [0.15, 0.2) is 6.10 Å². The molecule has 556 valence electrons. The molecule has 0 aromatic rings. The van der Waals surface area contributed by atoms with Crippen LogP contribution in [0.5, 0.6) is 0 Å². The quantitative estimate of drug-likeness (QED) is 0.0211. The second kappa shape index (κ2) is 77.2. The first-order chi connectivity index (χ1) is 47.6. The fourth-order valence-electron chi connectivity index (χ4n) is 11.3. The molecule has 0 spiro atoms. The number of unbranched alkanes of at least 4 members (excludes halogenated alkanes) is 37. The summed E-state index contributed by atoms with van der Waals surface area (Å²) in [4.78, 5) is 37.8. The zero-order valence-electron chi connectivity index (χ0n) is 63.7. The van der Waals surface area contributed by atoms with Crippen LogP contribution in [-0.4, -0.2) is 87.4 Å². The standard InChI is InChI=1S/C88H151NO8/c1-6-8-10-12-14-16-18-20-22-24-26-28-30-32-34-36-38-39-40-41-42-43-44-45-46-47-49-51-53-55-57-59-61-63-65-67-69-71-73-75-77-79-86(91)97-84(83-96-88(87(92)93)94-81-80-89(3,4)5)82-95-85(90)78-76-74-72-70-68-66-64-62-60-58-56-54-52-50-48-37-35-33-31-29-27-25-23-21-19-17-15-13-11-9-7-2/h8,10,14,16,19-22,25-28,32,34,38-39,41-42,44-45,47,49,84,88H,6-7,9,11-13,15,17-18,23-24,29-31,33,35-37,40,43,46,48,50-83H2,1-5H3/p+1/b10-8-,16-14-,21-19-,22-20-,27-25-,28-26-,34-32-,39-38-,42-41-,45-44-,49-47-. The van der Waals surface area contributed by atoms with Crippen LogP contribution >= 0.6 is 0 Å². The molecule has 2 atom stereocenters. The Bertz CT molecular complexity index is 2060. The first-order valence-electron chi connectivity index (χ1n) is 40.3. The zero-order chi connectivity index (χ0) is 70.4. The SMILES string of the molecule is CC/C=C\C/C=C\C/C=C\C/C=C\C/C=C\C/C=C\C/C=C\C/C=C\C/C=C\CCCCCCCCCCCCCCCC(=O)OC(COC(=O)CCCCCCCCCCCCCCCCCCCCC/C=C\C/C=C\CCCCCCC)COC(OCC[N+](C)(C)C)C(=O)O. The van der Waals surface area contributed by atoms with Crippen LogP contribution < -0.4 is 0 Å². The Morgan fingerprint density at radius 1 is 0.320 bits per heavy atom. The summed E-state index contributed by atoms with van der Waals surface area (Å²) in [5.74, 6) is -2.00. The Balaban J connectivity index is 4.05. The molecule has 0 radical (unpaired) electrons. The third kappa shape index (κ3) is 78.6. The summed E-state index contributed by atoms with van der Waals surface area (Å²) in [6, 6.07) is 0. The van der Waals surface area contributed by atoms with Gasteiger partial charge in [-0.15, -0.1) is 0 Å². The number of allylic oxidation sites excluding steroid dienone is 22. The highest BCUT2D eigenvalue weighted by atomic mass is 16.7. The lowest BCUT2D eigenvalue weighted by atomic mass is 10.0. The van der Waals surface area contributed by atoms with Crippen molar-refractivity contribution in [1.82, 2.24) is 0 Å². The molecular weight excluding hydrogens is 1200 g/mol. The number of esters is 2. The molecule has 2 unspecified atom stereocenters. The van der Waals surface area contributed by atoms with Gasteiger partial charge in [0.05, 0.1) is 34.4 Å². The normalized spacial score (nSPS) is 13.4. The molecule has 97 heavy (non-hydrogen) atoms. The first kappa shape index (κ1) is 92.4. The summed E-state index contributed by atoms with van der Waals surface area (Å²) in [6.45, 7) is 4.78. The van der Waals surface area contributed by atoms with E-state index < -0.39 is 24.3 Å². The molecule has 0 bridgehead atoms. The molecular formula is C88H152NO8+. The smallest absolute Gasteiger partial charge is 0.361 e. The zero-order valence-corrected chi connectivity index (χ0v) is 63.7. The molecule has 0 aromatic heterocycles. The van der Waals surface area contributed by atoms with Crippen molar-refractivity contribution in [1.29, 1.82) is 0 Å². The fourth-order valence-corrected chi connectivity index (χ4v) is 11.3. The number of aliphatic carboxylic acids is 1. The van der Waals surface area contributed by atoms with E-state index in [9.17, 15) is 19.5 Å². The average Bonchev–Trinajstić information content (AvgIpc) is 3.27. The second-order valence-electron chi connectivity index (χ2n) is 28.0. The summed E-state index contributed by atoms with van der Waals surface area (Å²) >= 11 is 0. The molecule has 0 aliphatic rings. The summed E-state index contributed by atoms with van der Waals surface area (Å²) in [5.41, 5.74) is 0. The van der Waals surface area contributed by atoms with E-state index in [4.69, 9.17) is 18.9 Å². The highest BCUT2D eigenvalue weighted by Gasteiger charge is 2.25. The Labute approximate surface area is 599 Å². The molecule has 0 fully saturated rings. The van der Waals surface area contributed by atoms with Crippen LogP contribution in [0.3, 0.4) is 0 Å². The predicted octanol–water partition coefficient (Wildman–Crippen LogP) is 26.0. The molecule has 9 nitrogen and oxygen atoms in total. The van der Waals surface area contributed by atoms with Crippen LogP contribution in [-0.2, 0) is 33.3 Å². The molecule has 0 rings (SSSR count). The van der Waals surface area contributed by atoms with Crippen molar-refractivity contribution in [2.75, 3.05) is 47.5 Å². The molecule has 0 heterocycles. The topological polar surface area (TPSA) is 108 Å². The number of rotatable bonds is 74. The van der Waals surface area contributed by atoms with Gasteiger partial charge in [-0.1, -0.05) is 353 Å². The van der Waals surface area contributed by atoms with Crippen LogP contribution in [0.2, 0.25) is 0 Å². The minimum atomic E-state index is -1.52. The summed E-state index contributed by atoms with van der Waals surface area (Å²) in [5, 5.41) is 9.78. The van der Waals surface area contributed by atoms with Crippen molar-refractivity contribution in [3.8, 4) is 0 Å². The second-order valence-corrected chi connectivity index (χ2v) is 28.0. The number of nitrogens with zero attached hydrogens (tertiary/aromatic N) is 1. The molecule has 0 aromatic carbocycles. The lowest BCUT2D eigenvalue weighted by Gasteiger charge is -2.25. The lowest BCUT2D eigenvalue weighted by Crippen LogP contribution is -2.40. The summed E-state index contributed by atoms with van der Waals surface area (Å²) < 4.78 is 23.1. The van der Waals surface area contributed by atoms with Gasteiger partial charge in [0.25, 0.3) is 6.29 Å². The molecule has 1 N–H and O–H groups in total. The number of ether oxygens (including phenoxy) is 4. The number of carbonyl (C=O) groups excluding carboxylic acids is 2. The number of hydrogen-bond donors (Lipinski definition) is 1. The van der Waals surface area contributed by atoms with Crippen molar-refractivity contribution in [3.63, 3.8) is 0 Å². The van der Waals surface area contributed by atoms with E-state index in [0.717, 1.165) is 103 Å². The van der Waals surface area contributed by atoms with Crippen LogP contribution in [0.4, 0.5) is 0 Å². The molecule has 9 heteroatoms. The lowest BCUT2D eigenvalue weighted by molar-refractivity contribution is -0.870. The minimum Gasteiger partial charge on any atom is -0.477 e. The van der Waals surface area contributed by atoms with Crippen LogP contribution in [0.15, 0.2) is 134 Å². The van der Waals surface area contributed by atoms with Crippen LogP contribution in [0, 0.1) is 0 Å². The Hall–Kier alpha value is -4.57. The van der Waals surface area contributed by atoms with E-state index in [1.54, 1.807) is 0 Å². The van der Waals surface area contributed by atoms with E-state index >= 15 is 0 Å². The van der Waals surface area contributed by atoms with E-state index in [1.165, 1.54) is 212 Å². The average molecular weight is 1350 g/mol. The van der Waals surface area contributed by atoms with Gasteiger partial charge in [0.2, 0.25) is 0 Å². The fraction of sp³-hybridized carbons (Fsp3) is 0.716. The van der Waals surface area contributed by atoms with Crippen LogP contribution in [0.1, 0.15) is 348 Å². The van der Waals surface area contributed by atoms with Gasteiger partial charge in [-0.05, 0) is 116 Å². The number of carboxylic acids is 1. The summed E-state index contributed by atoms with van der Waals surface area (Å²) in [6.07, 6.45) is 109. The van der Waals surface area contributed by atoms with Gasteiger partial charge >= 0.3 is 17.9 Å². The van der Waals surface area contributed by atoms with E-state index in [1.807, 2.05) is 21.1 Å². The predicted molar refractivity (Wildman–Crippen MR) is 419 cm³/mol. The Morgan fingerprint density at radius 2 is 0.588 bits per heavy atom. The van der Waals surface area contributed by atoms with E-state index in [-0.39, 0.29) is 32.2 Å². The van der Waals surface area contributed by atoms with Gasteiger partial charge in [0, 0.05) is 12.8 Å². The monoisotopic (exact) mass is 1350 g/mol. The third-order valence-electron chi connectivity index (χ3n) is 17.4. The van der Waals surface area contributed by atoms with Crippen molar-refractivity contribution >= 4 is 17.9 Å². The number of carbonyl (C=O) groups is 3. The van der Waals surface area contributed by atoms with Crippen molar-refractivity contribution in [3.05, 3.63) is 134 Å². The van der Waals surface area contributed by atoms with Crippen LogP contribution in [0.25, 0.3) is 0 Å². The molecule has 0 amide bonds. The molecule has 0 aliphatic carbocycles.